The van der Waals surface area contributed by atoms with E-state index in [-0.39, 0.29) is 5.91 Å². The molecule has 5 nitrogen and oxygen atoms in total. The van der Waals surface area contributed by atoms with Crippen molar-refractivity contribution in [3.63, 3.8) is 0 Å². The third kappa shape index (κ3) is 4.75. The van der Waals surface area contributed by atoms with Crippen LogP contribution in [-0.4, -0.2) is 41.5 Å². The summed E-state index contributed by atoms with van der Waals surface area (Å²) in [6.07, 6.45) is 7.01. The molecule has 128 valence electrons. The van der Waals surface area contributed by atoms with Crippen LogP contribution in [0.2, 0.25) is 0 Å². The number of hydrogen-bond acceptors (Lipinski definition) is 5. The lowest BCUT2D eigenvalue weighted by Crippen LogP contribution is -2.40. The molecule has 3 N–H and O–H groups in total. The standard InChI is InChI=1S/C17H28N4OS/c1-12-4-5-14-15(11-12)23-17(19-14)20-16(22)3-2-8-21-9-6-13(18)7-10-21/h12-13H,2-11,18H2,1H3,(H,19,20,22). The zero-order valence-corrected chi connectivity index (χ0v) is 14.8. The number of nitrogens with zero attached hydrogens (tertiary/aromatic N) is 2. The molecule has 0 saturated carbocycles. The Bertz CT molecular complexity index is 537. The molecule has 2 aliphatic rings. The van der Waals surface area contributed by atoms with Crippen LogP contribution in [-0.2, 0) is 17.6 Å². The van der Waals surface area contributed by atoms with Crippen molar-refractivity contribution in [2.75, 3.05) is 25.0 Å². The topological polar surface area (TPSA) is 71.2 Å². The Morgan fingerprint density at radius 1 is 1.39 bits per heavy atom. The summed E-state index contributed by atoms with van der Waals surface area (Å²) in [7, 11) is 0. The smallest absolute Gasteiger partial charge is 0.226 e. The van der Waals surface area contributed by atoms with Crippen LogP contribution < -0.4 is 11.1 Å². The largest absolute Gasteiger partial charge is 0.328 e. The average molecular weight is 337 g/mol. The number of amides is 1. The predicted molar refractivity (Wildman–Crippen MR) is 94.8 cm³/mol. The normalized spacial score (nSPS) is 22.8. The van der Waals surface area contributed by atoms with E-state index in [1.54, 1.807) is 11.3 Å². The van der Waals surface area contributed by atoms with Gasteiger partial charge in [0, 0.05) is 17.3 Å². The van der Waals surface area contributed by atoms with E-state index in [4.69, 9.17) is 5.73 Å². The number of nitrogens with two attached hydrogens (primary N) is 1. The number of likely N-dealkylation sites (tertiary alicyclic amines) is 1. The number of anilines is 1. The molecule has 1 aliphatic carbocycles. The van der Waals surface area contributed by atoms with Gasteiger partial charge in [-0.3, -0.25) is 4.79 Å². The van der Waals surface area contributed by atoms with Crippen LogP contribution in [0.5, 0.6) is 0 Å². The van der Waals surface area contributed by atoms with Gasteiger partial charge < -0.3 is 16.0 Å². The van der Waals surface area contributed by atoms with Crippen LogP contribution in [0, 0.1) is 5.92 Å². The highest BCUT2D eigenvalue weighted by atomic mass is 32.1. The number of nitrogens with one attached hydrogen (secondary N) is 1. The molecule has 0 bridgehead atoms. The molecular formula is C17H28N4OS. The van der Waals surface area contributed by atoms with Gasteiger partial charge in [0.05, 0.1) is 5.69 Å². The van der Waals surface area contributed by atoms with E-state index in [1.807, 2.05) is 0 Å². The molecule has 1 amide bonds. The first-order valence-electron chi connectivity index (χ1n) is 8.86. The van der Waals surface area contributed by atoms with E-state index in [0.29, 0.717) is 12.5 Å². The number of thiazole rings is 1. The summed E-state index contributed by atoms with van der Waals surface area (Å²) in [6.45, 7) is 5.42. The fourth-order valence-corrected chi connectivity index (χ4v) is 4.60. The van der Waals surface area contributed by atoms with E-state index in [1.165, 1.54) is 17.0 Å². The highest BCUT2D eigenvalue weighted by molar-refractivity contribution is 7.15. The summed E-state index contributed by atoms with van der Waals surface area (Å²) in [4.78, 5) is 20.5. The van der Waals surface area contributed by atoms with Crippen molar-refractivity contribution >= 4 is 22.4 Å². The lowest BCUT2D eigenvalue weighted by Gasteiger charge is -2.29. The first-order valence-corrected chi connectivity index (χ1v) is 9.68. The maximum Gasteiger partial charge on any atom is 0.226 e. The highest BCUT2D eigenvalue weighted by Crippen LogP contribution is 2.32. The van der Waals surface area contributed by atoms with E-state index in [9.17, 15) is 4.79 Å². The van der Waals surface area contributed by atoms with E-state index >= 15 is 0 Å². The zero-order valence-electron chi connectivity index (χ0n) is 14.0. The predicted octanol–water partition coefficient (Wildman–Crippen LogP) is 2.41. The van der Waals surface area contributed by atoms with Gasteiger partial charge in [-0.25, -0.2) is 4.98 Å². The van der Waals surface area contributed by atoms with Crippen molar-refractivity contribution in [1.82, 2.24) is 9.88 Å². The summed E-state index contributed by atoms with van der Waals surface area (Å²) in [6, 6.07) is 0.369. The SMILES string of the molecule is CC1CCc2nc(NC(=O)CCCN3CCC(N)CC3)sc2C1. The van der Waals surface area contributed by atoms with E-state index < -0.39 is 0 Å². The minimum atomic E-state index is 0.0952. The third-order valence-electron chi connectivity index (χ3n) is 4.94. The molecule has 1 saturated heterocycles. The number of rotatable bonds is 5. The van der Waals surface area contributed by atoms with Gasteiger partial charge in [0.1, 0.15) is 0 Å². The maximum absolute atomic E-state index is 12.1. The van der Waals surface area contributed by atoms with Gasteiger partial charge in [0.15, 0.2) is 5.13 Å². The van der Waals surface area contributed by atoms with E-state index in [2.05, 4.69) is 22.1 Å². The molecule has 3 rings (SSSR count). The molecule has 0 radical (unpaired) electrons. The molecular weight excluding hydrogens is 308 g/mol. The first kappa shape index (κ1) is 16.9. The monoisotopic (exact) mass is 336 g/mol. The number of fused-ring (bicyclic) bond motifs is 1. The van der Waals surface area contributed by atoms with Crippen LogP contribution in [0.1, 0.15) is 49.6 Å². The Balaban J connectivity index is 1.39. The lowest BCUT2D eigenvalue weighted by atomic mass is 9.93. The number of hydrogen-bond donors (Lipinski definition) is 2. The second-order valence-electron chi connectivity index (χ2n) is 7.07. The Hall–Kier alpha value is -0.980. The van der Waals surface area contributed by atoms with Gasteiger partial charge in [-0.05, 0) is 64.1 Å². The molecule has 0 aromatic carbocycles. The van der Waals surface area contributed by atoms with Crippen molar-refractivity contribution in [2.24, 2.45) is 11.7 Å². The van der Waals surface area contributed by atoms with Gasteiger partial charge in [-0.1, -0.05) is 6.92 Å². The highest BCUT2D eigenvalue weighted by Gasteiger charge is 2.20. The second kappa shape index (κ2) is 7.73. The number of piperidine rings is 1. The van der Waals surface area contributed by atoms with Gasteiger partial charge >= 0.3 is 0 Å². The van der Waals surface area contributed by atoms with Crippen molar-refractivity contribution in [1.29, 1.82) is 0 Å². The Morgan fingerprint density at radius 2 is 2.17 bits per heavy atom. The van der Waals surface area contributed by atoms with Crippen LogP contribution in [0.3, 0.4) is 0 Å². The summed E-state index contributed by atoms with van der Waals surface area (Å²) in [5.41, 5.74) is 7.12. The van der Waals surface area contributed by atoms with Gasteiger partial charge in [0.2, 0.25) is 5.91 Å². The number of carbonyl (C=O) groups excluding carboxylic acids is 1. The molecule has 1 fully saturated rings. The average Bonchev–Trinajstić information content (AvgIpc) is 2.90. The van der Waals surface area contributed by atoms with Gasteiger partial charge in [0.25, 0.3) is 0 Å². The number of aromatic nitrogens is 1. The van der Waals surface area contributed by atoms with E-state index in [0.717, 1.165) is 62.8 Å². The second-order valence-corrected chi connectivity index (χ2v) is 8.15. The summed E-state index contributed by atoms with van der Waals surface area (Å²) < 4.78 is 0. The van der Waals surface area contributed by atoms with Crippen molar-refractivity contribution in [2.45, 2.75) is 57.9 Å². The van der Waals surface area contributed by atoms with Crippen molar-refractivity contribution < 1.29 is 4.79 Å². The molecule has 1 unspecified atom stereocenters. The Kier molecular flexibility index (Phi) is 5.67. The molecule has 1 aromatic heterocycles. The van der Waals surface area contributed by atoms with Crippen molar-refractivity contribution in [3.8, 4) is 0 Å². The molecule has 1 aromatic rings. The minimum Gasteiger partial charge on any atom is -0.328 e. The van der Waals surface area contributed by atoms with Crippen LogP contribution >= 0.6 is 11.3 Å². The molecule has 6 heteroatoms. The molecule has 2 heterocycles. The van der Waals surface area contributed by atoms with Gasteiger partial charge in [-0.15, -0.1) is 11.3 Å². The fourth-order valence-electron chi connectivity index (χ4n) is 3.41. The lowest BCUT2D eigenvalue weighted by molar-refractivity contribution is -0.116. The van der Waals surface area contributed by atoms with Crippen molar-refractivity contribution in [3.05, 3.63) is 10.6 Å². The van der Waals surface area contributed by atoms with Crippen LogP contribution in [0.15, 0.2) is 0 Å². The van der Waals surface area contributed by atoms with Gasteiger partial charge in [-0.2, -0.15) is 0 Å². The Morgan fingerprint density at radius 3 is 2.96 bits per heavy atom. The quantitative estimate of drug-likeness (QED) is 0.866. The zero-order chi connectivity index (χ0) is 16.2. The molecule has 1 aliphatic heterocycles. The minimum absolute atomic E-state index is 0.0952. The molecule has 0 spiro atoms. The number of carbonyl (C=O) groups is 1. The van der Waals surface area contributed by atoms with Crippen LogP contribution in [0.4, 0.5) is 5.13 Å². The molecule has 23 heavy (non-hydrogen) atoms. The summed E-state index contributed by atoms with van der Waals surface area (Å²) in [5, 5.41) is 3.78. The Labute approximate surface area is 142 Å². The fraction of sp³-hybridized carbons (Fsp3) is 0.765. The summed E-state index contributed by atoms with van der Waals surface area (Å²) in [5.74, 6) is 0.835. The van der Waals surface area contributed by atoms with Crippen LogP contribution in [0.25, 0.3) is 0 Å². The first-order chi connectivity index (χ1) is 11.1. The number of aryl methyl sites for hydroxylation is 1. The summed E-state index contributed by atoms with van der Waals surface area (Å²) >= 11 is 1.66. The third-order valence-corrected chi connectivity index (χ3v) is 5.98. The molecule has 1 atom stereocenters. The maximum atomic E-state index is 12.1.